The summed E-state index contributed by atoms with van der Waals surface area (Å²) in [6.07, 6.45) is 7.57. The number of unbranched alkanes of at least 4 members (excludes halogenated alkanes) is 1. The number of halogens is 1. The zero-order valence-corrected chi connectivity index (χ0v) is 11.3. The molecule has 1 amide bonds. The SMILES string of the molecule is CC1CCCCC1N(C)C(=O)CCCCCl. The summed E-state index contributed by atoms with van der Waals surface area (Å²) in [6, 6.07) is 0.470. The minimum Gasteiger partial charge on any atom is -0.343 e. The van der Waals surface area contributed by atoms with Crippen LogP contribution in [0.5, 0.6) is 0 Å². The Kier molecular flexibility index (Phi) is 6.18. The molecule has 3 heteroatoms. The first-order valence-corrected chi connectivity index (χ1v) is 7.02. The summed E-state index contributed by atoms with van der Waals surface area (Å²) in [5.41, 5.74) is 0. The van der Waals surface area contributed by atoms with E-state index in [1.54, 1.807) is 0 Å². The molecule has 0 heterocycles. The molecule has 1 fully saturated rings. The van der Waals surface area contributed by atoms with Crippen LogP contribution in [0.25, 0.3) is 0 Å². The molecule has 0 aliphatic heterocycles. The van der Waals surface area contributed by atoms with Gasteiger partial charge in [0.25, 0.3) is 0 Å². The molecular formula is C13H24ClNO. The molecule has 0 radical (unpaired) electrons. The Morgan fingerprint density at radius 2 is 2.00 bits per heavy atom. The van der Waals surface area contributed by atoms with E-state index in [0.717, 1.165) is 12.8 Å². The van der Waals surface area contributed by atoms with E-state index in [2.05, 4.69) is 6.92 Å². The Labute approximate surface area is 104 Å². The third-order valence-corrected chi connectivity index (χ3v) is 4.00. The Morgan fingerprint density at radius 3 is 2.62 bits per heavy atom. The van der Waals surface area contributed by atoms with E-state index in [1.807, 2.05) is 11.9 Å². The van der Waals surface area contributed by atoms with Crippen molar-refractivity contribution in [1.82, 2.24) is 4.90 Å². The molecule has 0 N–H and O–H groups in total. The molecule has 1 saturated carbocycles. The van der Waals surface area contributed by atoms with E-state index < -0.39 is 0 Å². The van der Waals surface area contributed by atoms with Gasteiger partial charge >= 0.3 is 0 Å². The van der Waals surface area contributed by atoms with Crippen molar-refractivity contribution in [3.05, 3.63) is 0 Å². The predicted octanol–water partition coefficient (Wildman–Crippen LogP) is 3.43. The maximum Gasteiger partial charge on any atom is 0.222 e. The van der Waals surface area contributed by atoms with E-state index in [9.17, 15) is 4.79 Å². The third-order valence-electron chi connectivity index (χ3n) is 3.73. The molecule has 0 aromatic rings. The van der Waals surface area contributed by atoms with E-state index >= 15 is 0 Å². The van der Waals surface area contributed by atoms with Gasteiger partial charge in [0.05, 0.1) is 0 Å². The topological polar surface area (TPSA) is 20.3 Å². The Bertz CT molecular complexity index is 220. The van der Waals surface area contributed by atoms with Gasteiger partial charge in [-0.25, -0.2) is 0 Å². The zero-order chi connectivity index (χ0) is 12.0. The van der Waals surface area contributed by atoms with Crippen LogP contribution < -0.4 is 0 Å². The van der Waals surface area contributed by atoms with Gasteiger partial charge in [-0.1, -0.05) is 19.8 Å². The molecule has 0 aromatic carbocycles. The first-order valence-electron chi connectivity index (χ1n) is 6.48. The Hall–Kier alpha value is -0.240. The number of nitrogens with zero attached hydrogens (tertiary/aromatic N) is 1. The van der Waals surface area contributed by atoms with Gasteiger partial charge in [-0.3, -0.25) is 4.79 Å². The fourth-order valence-electron chi connectivity index (χ4n) is 2.60. The number of amides is 1. The maximum atomic E-state index is 11.9. The van der Waals surface area contributed by atoms with Gasteiger partial charge < -0.3 is 4.90 Å². The Morgan fingerprint density at radius 1 is 1.31 bits per heavy atom. The average Bonchev–Trinajstić information content (AvgIpc) is 2.29. The van der Waals surface area contributed by atoms with Crippen LogP contribution in [0.2, 0.25) is 0 Å². The van der Waals surface area contributed by atoms with Crippen LogP contribution in [0.15, 0.2) is 0 Å². The second-order valence-electron chi connectivity index (χ2n) is 4.98. The lowest BCUT2D eigenvalue weighted by molar-refractivity contribution is -0.133. The smallest absolute Gasteiger partial charge is 0.222 e. The molecule has 0 aromatic heterocycles. The Balaban J connectivity index is 2.36. The minimum absolute atomic E-state index is 0.295. The third kappa shape index (κ3) is 3.97. The molecule has 1 aliphatic rings. The number of rotatable bonds is 5. The van der Waals surface area contributed by atoms with Crippen LogP contribution in [-0.4, -0.2) is 29.8 Å². The minimum atomic E-state index is 0.295. The van der Waals surface area contributed by atoms with Gasteiger partial charge in [0, 0.05) is 25.4 Å². The van der Waals surface area contributed by atoms with Crippen molar-refractivity contribution in [2.45, 2.75) is 57.9 Å². The summed E-state index contributed by atoms with van der Waals surface area (Å²) in [5.74, 6) is 1.62. The summed E-state index contributed by atoms with van der Waals surface area (Å²) in [4.78, 5) is 13.9. The molecule has 94 valence electrons. The standard InChI is InChI=1S/C13H24ClNO/c1-11-7-3-4-8-12(11)15(2)13(16)9-5-6-10-14/h11-12H,3-10H2,1-2H3. The van der Waals surface area contributed by atoms with Gasteiger partial charge in [0.1, 0.15) is 0 Å². The molecule has 2 unspecified atom stereocenters. The molecule has 1 rings (SSSR count). The van der Waals surface area contributed by atoms with E-state index in [1.165, 1.54) is 25.7 Å². The molecule has 2 nitrogen and oxygen atoms in total. The second-order valence-corrected chi connectivity index (χ2v) is 5.36. The van der Waals surface area contributed by atoms with Gasteiger partial charge in [-0.15, -0.1) is 11.6 Å². The number of hydrogen-bond donors (Lipinski definition) is 0. The molecule has 0 bridgehead atoms. The summed E-state index contributed by atoms with van der Waals surface area (Å²) >= 11 is 5.61. The highest BCUT2D eigenvalue weighted by Crippen LogP contribution is 2.27. The van der Waals surface area contributed by atoms with Gasteiger partial charge in [-0.2, -0.15) is 0 Å². The van der Waals surface area contributed by atoms with E-state index in [-0.39, 0.29) is 0 Å². The zero-order valence-electron chi connectivity index (χ0n) is 10.5. The monoisotopic (exact) mass is 245 g/mol. The van der Waals surface area contributed by atoms with Crippen LogP contribution >= 0.6 is 11.6 Å². The van der Waals surface area contributed by atoms with Crippen LogP contribution in [-0.2, 0) is 4.79 Å². The molecule has 1 aliphatic carbocycles. The van der Waals surface area contributed by atoms with Gasteiger partial charge in [0.15, 0.2) is 0 Å². The normalized spacial score (nSPS) is 25.4. The summed E-state index contributed by atoms with van der Waals surface area (Å²) in [7, 11) is 1.97. The second kappa shape index (κ2) is 7.16. The van der Waals surface area contributed by atoms with Crippen LogP contribution in [0, 0.1) is 5.92 Å². The molecule has 2 atom stereocenters. The lowest BCUT2D eigenvalue weighted by Gasteiger charge is -2.36. The van der Waals surface area contributed by atoms with E-state index in [4.69, 9.17) is 11.6 Å². The molecule has 0 saturated heterocycles. The summed E-state index contributed by atoms with van der Waals surface area (Å²) < 4.78 is 0. The first-order chi connectivity index (χ1) is 7.66. The predicted molar refractivity (Wildman–Crippen MR) is 68.8 cm³/mol. The lowest BCUT2D eigenvalue weighted by Crippen LogP contribution is -2.42. The van der Waals surface area contributed by atoms with Crippen molar-refractivity contribution in [2.75, 3.05) is 12.9 Å². The highest BCUT2D eigenvalue weighted by atomic mass is 35.5. The highest BCUT2D eigenvalue weighted by Gasteiger charge is 2.27. The van der Waals surface area contributed by atoms with Crippen molar-refractivity contribution in [1.29, 1.82) is 0 Å². The summed E-state index contributed by atoms with van der Waals surface area (Å²) in [6.45, 7) is 2.27. The number of carbonyl (C=O) groups is 1. The van der Waals surface area contributed by atoms with Gasteiger partial charge in [0.2, 0.25) is 5.91 Å². The summed E-state index contributed by atoms with van der Waals surface area (Å²) in [5, 5.41) is 0. The fraction of sp³-hybridized carbons (Fsp3) is 0.923. The molecule has 0 spiro atoms. The van der Waals surface area contributed by atoms with Crippen molar-refractivity contribution < 1.29 is 4.79 Å². The number of alkyl halides is 1. The maximum absolute atomic E-state index is 11.9. The van der Waals surface area contributed by atoms with Crippen molar-refractivity contribution in [2.24, 2.45) is 5.92 Å². The molecular weight excluding hydrogens is 222 g/mol. The first kappa shape index (κ1) is 13.8. The largest absolute Gasteiger partial charge is 0.343 e. The van der Waals surface area contributed by atoms with Crippen LogP contribution in [0.4, 0.5) is 0 Å². The average molecular weight is 246 g/mol. The van der Waals surface area contributed by atoms with Crippen LogP contribution in [0.1, 0.15) is 51.9 Å². The number of carbonyl (C=O) groups excluding carboxylic acids is 1. The van der Waals surface area contributed by atoms with E-state index in [0.29, 0.717) is 30.2 Å². The van der Waals surface area contributed by atoms with Gasteiger partial charge in [-0.05, 0) is 31.6 Å². The van der Waals surface area contributed by atoms with Crippen molar-refractivity contribution in [3.63, 3.8) is 0 Å². The lowest BCUT2D eigenvalue weighted by atomic mass is 9.85. The number of hydrogen-bond acceptors (Lipinski definition) is 1. The van der Waals surface area contributed by atoms with Crippen LogP contribution in [0.3, 0.4) is 0 Å². The quantitative estimate of drug-likeness (QED) is 0.537. The molecule has 16 heavy (non-hydrogen) atoms. The fourth-order valence-corrected chi connectivity index (χ4v) is 2.79. The highest BCUT2D eigenvalue weighted by molar-refractivity contribution is 6.17. The van der Waals surface area contributed by atoms with Crippen molar-refractivity contribution >= 4 is 17.5 Å². The van der Waals surface area contributed by atoms with Crippen molar-refractivity contribution in [3.8, 4) is 0 Å².